The minimum atomic E-state index is 0.0305. The van der Waals surface area contributed by atoms with Crippen LogP contribution in [-0.4, -0.2) is 28.6 Å². The Balaban J connectivity index is 2.06. The minimum absolute atomic E-state index is 0.0305. The van der Waals surface area contributed by atoms with Crippen LogP contribution in [0.5, 0.6) is 0 Å². The third kappa shape index (κ3) is 2.90. The molecule has 0 aromatic carbocycles. The fourth-order valence-corrected chi connectivity index (χ4v) is 2.48. The Hall–Kier alpha value is -0.940. The molecule has 1 aliphatic rings. The van der Waals surface area contributed by atoms with Crippen molar-refractivity contribution in [2.75, 3.05) is 13.7 Å². The molecule has 2 rings (SSSR count). The third-order valence-electron chi connectivity index (χ3n) is 3.94. The van der Waals surface area contributed by atoms with Crippen molar-refractivity contribution >= 4 is 0 Å². The summed E-state index contributed by atoms with van der Waals surface area (Å²) in [4.78, 5) is 0. The summed E-state index contributed by atoms with van der Waals surface area (Å²) in [6.45, 7) is 3.59. The Bertz CT molecular complexity index is 373. The summed E-state index contributed by atoms with van der Waals surface area (Å²) in [5, 5.41) is 8.51. The van der Waals surface area contributed by atoms with Crippen LogP contribution in [0, 0.1) is 5.92 Å². The Morgan fingerprint density at radius 1 is 1.50 bits per heavy atom. The standard InChI is InChI=1S/C13H24N4O/c1-10(18-2)13-12(6-8-14)15-16-17(13)9-7-11-4-3-5-11/h10-11H,3-9,14H2,1-2H3. The summed E-state index contributed by atoms with van der Waals surface area (Å²) in [5.74, 6) is 0.887. The van der Waals surface area contributed by atoms with Gasteiger partial charge in [-0.15, -0.1) is 5.10 Å². The van der Waals surface area contributed by atoms with Gasteiger partial charge in [0.2, 0.25) is 0 Å². The molecule has 1 heterocycles. The number of aromatic nitrogens is 3. The van der Waals surface area contributed by atoms with Gasteiger partial charge >= 0.3 is 0 Å². The maximum Gasteiger partial charge on any atom is 0.0978 e. The van der Waals surface area contributed by atoms with Crippen molar-refractivity contribution in [3.63, 3.8) is 0 Å². The average Bonchev–Trinajstić information content (AvgIpc) is 2.70. The zero-order chi connectivity index (χ0) is 13.0. The van der Waals surface area contributed by atoms with Crippen LogP contribution in [-0.2, 0) is 17.7 Å². The van der Waals surface area contributed by atoms with E-state index in [1.165, 1.54) is 25.7 Å². The van der Waals surface area contributed by atoms with Gasteiger partial charge < -0.3 is 10.5 Å². The smallest absolute Gasteiger partial charge is 0.0978 e. The monoisotopic (exact) mass is 252 g/mol. The van der Waals surface area contributed by atoms with Crippen LogP contribution in [0.1, 0.15) is 50.1 Å². The summed E-state index contributed by atoms with van der Waals surface area (Å²) < 4.78 is 7.44. The molecule has 0 aliphatic heterocycles. The molecule has 0 bridgehead atoms. The topological polar surface area (TPSA) is 66.0 Å². The number of hydrogen-bond donors (Lipinski definition) is 1. The second-order valence-corrected chi connectivity index (χ2v) is 5.15. The molecule has 5 heteroatoms. The lowest BCUT2D eigenvalue weighted by molar-refractivity contribution is 0.109. The molecule has 1 atom stereocenters. The summed E-state index contributed by atoms with van der Waals surface area (Å²) in [7, 11) is 1.72. The van der Waals surface area contributed by atoms with E-state index in [4.69, 9.17) is 10.5 Å². The third-order valence-corrected chi connectivity index (χ3v) is 3.94. The van der Waals surface area contributed by atoms with Gasteiger partial charge in [0.25, 0.3) is 0 Å². The Labute approximate surface area is 109 Å². The highest BCUT2D eigenvalue weighted by Crippen LogP contribution is 2.30. The largest absolute Gasteiger partial charge is 0.375 e. The van der Waals surface area contributed by atoms with Crippen LogP contribution in [0.15, 0.2) is 0 Å². The normalized spacial score (nSPS) is 17.7. The van der Waals surface area contributed by atoms with E-state index >= 15 is 0 Å². The predicted octanol–water partition coefficient (Wildman–Crippen LogP) is 1.68. The van der Waals surface area contributed by atoms with Crippen molar-refractivity contribution in [1.29, 1.82) is 0 Å². The molecule has 102 valence electrons. The number of nitrogens with two attached hydrogens (primary N) is 1. The lowest BCUT2D eigenvalue weighted by atomic mass is 9.83. The highest BCUT2D eigenvalue weighted by Gasteiger charge is 2.21. The van der Waals surface area contributed by atoms with Crippen molar-refractivity contribution in [2.45, 2.75) is 51.7 Å². The van der Waals surface area contributed by atoms with Crippen molar-refractivity contribution < 1.29 is 4.74 Å². The molecule has 5 nitrogen and oxygen atoms in total. The Morgan fingerprint density at radius 2 is 2.28 bits per heavy atom. The first kappa shape index (κ1) is 13.5. The zero-order valence-corrected chi connectivity index (χ0v) is 11.4. The number of hydrogen-bond acceptors (Lipinski definition) is 4. The molecule has 1 unspecified atom stereocenters. The van der Waals surface area contributed by atoms with E-state index in [0.717, 1.165) is 30.3 Å². The molecule has 1 aromatic rings. The fourth-order valence-electron chi connectivity index (χ4n) is 2.48. The van der Waals surface area contributed by atoms with Crippen molar-refractivity contribution in [1.82, 2.24) is 15.0 Å². The highest BCUT2D eigenvalue weighted by molar-refractivity contribution is 5.13. The Kier molecular flexibility index (Phi) is 4.72. The van der Waals surface area contributed by atoms with Crippen molar-refractivity contribution in [3.05, 3.63) is 11.4 Å². The van der Waals surface area contributed by atoms with Gasteiger partial charge in [-0.25, -0.2) is 4.68 Å². The van der Waals surface area contributed by atoms with Gasteiger partial charge in [-0.2, -0.15) is 0 Å². The van der Waals surface area contributed by atoms with Gasteiger partial charge in [-0.3, -0.25) is 0 Å². The van der Waals surface area contributed by atoms with Gasteiger partial charge in [0.15, 0.2) is 0 Å². The summed E-state index contributed by atoms with van der Waals surface area (Å²) in [6, 6.07) is 0. The van der Waals surface area contributed by atoms with E-state index in [9.17, 15) is 0 Å². The molecular formula is C13H24N4O. The van der Waals surface area contributed by atoms with Crippen LogP contribution in [0.4, 0.5) is 0 Å². The summed E-state index contributed by atoms with van der Waals surface area (Å²) in [5.41, 5.74) is 7.70. The number of ether oxygens (including phenoxy) is 1. The van der Waals surface area contributed by atoms with Gasteiger partial charge in [0, 0.05) is 20.1 Å². The van der Waals surface area contributed by atoms with E-state index in [0.29, 0.717) is 6.54 Å². The lowest BCUT2D eigenvalue weighted by Gasteiger charge is -2.25. The van der Waals surface area contributed by atoms with E-state index < -0.39 is 0 Å². The second kappa shape index (κ2) is 6.29. The van der Waals surface area contributed by atoms with Gasteiger partial charge in [0.1, 0.15) is 0 Å². The SMILES string of the molecule is COC(C)c1c(CCN)nnn1CCC1CCC1. The lowest BCUT2D eigenvalue weighted by Crippen LogP contribution is -2.17. The van der Waals surface area contributed by atoms with Gasteiger partial charge in [-0.05, 0) is 25.8 Å². The van der Waals surface area contributed by atoms with E-state index in [-0.39, 0.29) is 6.10 Å². The minimum Gasteiger partial charge on any atom is -0.375 e. The molecule has 0 spiro atoms. The summed E-state index contributed by atoms with van der Waals surface area (Å²) >= 11 is 0. The maximum atomic E-state index is 5.62. The van der Waals surface area contributed by atoms with Crippen molar-refractivity contribution in [2.24, 2.45) is 11.7 Å². The second-order valence-electron chi connectivity index (χ2n) is 5.15. The van der Waals surface area contributed by atoms with Crippen LogP contribution in [0.25, 0.3) is 0 Å². The van der Waals surface area contributed by atoms with Gasteiger partial charge in [-0.1, -0.05) is 24.5 Å². The maximum absolute atomic E-state index is 5.62. The number of methoxy groups -OCH3 is 1. The molecule has 1 saturated carbocycles. The number of rotatable bonds is 7. The van der Waals surface area contributed by atoms with E-state index in [2.05, 4.69) is 10.3 Å². The molecular weight excluding hydrogens is 228 g/mol. The number of aryl methyl sites for hydroxylation is 1. The van der Waals surface area contributed by atoms with Crippen LogP contribution in [0.2, 0.25) is 0 Å². The molecule has 0 radical (unpaired) electrons. The molecule has 2 N–H and O–H groups in total. The zero-order valence-electron chi connectivity index (χ0n) is 11.4. The molecule has 1 aromatic heterocycles. The quantitative estimate of drug-likeness (QED) is 0.801. The fraction of sp³-hybridized carbons (Fsp3) is 0.846. The highest BCUT2D eigenvalue weighted by atomic mass is 16.5. The molecule has 1 aliphatic carbocycles. The van der Waals surface area contributed by atoms with E-state index in [1.54, 1.807) is 7.11 Å². The van der Waals surface area contributed by atoms with Crippen LogP contribution in [0.3, 0.4) is 0 Å². The first-order chi connectivity index (χ1) is 8.76. The van der Waals surface area contributed by atoms with Gasteiger partial charge in [0.05, 0.1) is 17.5 Å². The predicted molar refractivity (Wildman–Crippen MR) is 70.2 cm³/mol. The average molecular weight is 252 g/mol. The van der Waals surface area contributed by atoms with Crippen LogP contribution < -0.4 is 5.73 Å². The molecule has 0 amide bonds. The molecule has 1 fully saturated rings. The Morgan fingerprint density at radius 3 is 2.83 bits per heavy atom. The van der Waals surface area contributed by atoms with Crippen LogP contribution >= 0.6 is 0 Å². The number of nitrogens with zero attached hydrogens (tertiary/aromatic N) is 3. The first-order valence-electron chi connectivity index (χ1n) is 6.91. The van der Waals surface area contributed by atoms with Crippen molar-refractivity contribution in [3.8, 4) is 0 Å². The van der Waals surface area contributed by atoms with E-state index in [1.807, 2.05) is 11.6 Å². The first-order valence-corrected chi connectivity index (χ1v) is 6.91. The molecule has 18 heavy (non-hydrogen) atoms. The summed E-state index contributed by atoms with van der Waals surface area (Å²) in [6.07, 6.45) is 6.14. The molecule has 0 saturated heterocycles.